The maximum atomic E-state index is 12.4. The lowest BCUT2D eigenvalue weighted by molar-refractivity contribution is -0.126. The van der Waals surface area contributed by atoms with E-state index in [2.05, 4.69) is 26.6 Å². The molecule has 2 amide bonds. The molecule has 0 bridgehead atoms. The number of piperidine rings is 1. The third-order valence-electron chi connectivity index (χ3n) is 4.91. The van der Waals surface area contributed by atoms with E-state index in [4.69, 9.17) is 0 Å². The van der Waals surface area contributed by atoms with Gasteiger partial charge < -0.3 is 15.5 Å². The van der Waals surface area contributed by atoms with Crippen LogP contribution in [0.25, 0.3) is 0 Å². The number of aryl methyl sites for hydroxylation is 1. The average Bonchev–Trinajstić information content (AvgIpc) is 2.98. The van der Waals surface area contributed by atoms with Crippen LogP contribution in [-0.4, -0.2) is 38.0 Å². The second-order valence-corrected chi connectivity index (χ2v) is 7.65. The predicted molar refractivity (Wildman–Crippen MR) is 97.9 cm³/mol. The number of carbonyl (C=O) groups excluding carboxylic acids is 2. The van der Waals surface area contributed by atoms with Crippen LogP contribution < -0.4 is 15.5 Å². The zero-order valence-electron chi connectivity index (χ0n) is 14.0. The van der Waals surface area contributed by atoms with E-state index in [1.165, 1.54) is 6.42 Å². The summed E-state index contributed by atoms with van der Waals surface area (Å²) in [5.74, 6) is 0.282. The predicted octanol–water partition coefficient (Wildman–Crippen LogP) is 2.23. The van der Waals surface area contributed by atoms with Crippen molar-refractivity contribution in [3.63, 3.8) is 0 Å². The highest BCUT2D eigenvalue weighted by Gasteiger charge is 2.35. The fraction of sp³-hybridized carbons (Fsp3) is 0.556. The van der Waals surface area contributed by atoms with Crippen LogP contribution in [0.5, 0.6) is 0 Å². The van der Waals surface area contributed by atoms with Crippen LogP contribution in [-0.2, 0) is 9.59 Å². The number of amides is 2. The third kappa shape index (κ3) is 3.98. The van der Waals surface area contributed by atoms with E-state index in [0.29, 0.717) is 25.4 Å². The molecule has 0 saturated carbocycles. The van der Waals surface area contributed by atoms with E-state index in [-0.39, 0.29) is 17.7 Å². The summed E-state index contributed by atoms with van der Waals surface area (Å²) in [7, 11) is 0. The normalized spacial score (nSPS) is 24.2. The van der Waals surface area contributed by atoms with Crippen LogP contribution in [0.15, 0.2) is 22.7 Å². The van der Waals surface area contributed by atoms with Gasteiger partial charge in [-0.2, -0.15) is 0 Å². The molecular weight excluding hydrogens is 370 g/mol. The van der Waals surface area contributed by atoms with Gasteiger partial charge in [0.05, 0.1) is 5.92 Å². The molecule has 2 N–H and O–H groups in total. The van der Waals surface area contributed by atoms with Crippen molar-refractivity contribution >= 4 is 33.4 Å². The SMILES string of the molecule is Cc1cc(N2CC(C(=O)NCC3CCCNC3)CC2=O)ccc1Br. The van der Waals surface area contributed by atoms with Crippen LogP contribution in [0.3, 0.4) is 0 Å². The summed E-state index contributed by atoms with van der Waals surface area (Å²) >= 11 is 3.47. The highest BCUT2D eigenvalue weighted by Crippen LogP contribution is 2.28. The molecule has 5 nitrogen and oxygen atoms in total. The number of nitrogens with one attached hydrogen (secondary N) is 2. The van der Waals surface area contributed by atoms with Gasteiger partial charge in [0.1, 0.15) is 0 Å². The average molecular weight is 394 g/mol. The lowest BCUT2D eigenvalue weighted by Crippen LogP contribution is -2.40. The Morgan fingerprint density at radius 1 is 1.46 bits per heavy atom. The molecule has 0 spiro atoms. The number of hydrogen-bond acceptors (Lipinski definition) is 3. The smallest absolute Gasteiger partial charge is 0.227 e. The zero-order valence-corrected chi connectivity index (χ0v) is 15.6. The molecule has 130 valence electrons. The maximum Gasteiger partial charge on any atom is 0.227 e. The van der Waals surface area contributed by atoms with Crippen LogP contribution in [0.1, 0.15) is 24.8 Å². The molecule has 0 aliphatic carbocycles. The molecule has 1 aromatic rings. The van der Waals surface area contributed by atoms with Gasteiger partial charge in [-0.25, -0.2) is 0 Å². The van der Waals surface area contributed by atoms with Crippen LogP contribution in [0.2, 0.25) is 0 Å². The Morgan fingerprint density at radius 2 is 2.29 bits per heavy atom. The van der Waals surface area contributed by atoms with Crippen LogP contribution >= 0.6 is 15.9 Å². The van der Waals surface area contributed by atoms with Crippen molar-refractivity contribution in [1.82, 2.24) is 10.6 Å². The first-order valence-corrected chi connectivity index (χ1v) is 9.39. The molecule has 2 fully saturated rings. The van der Waals surface area contributed by atoms with Gasteiger partial charge in [0.15, 0.2) is 0 Å². The third-order valence-corrected chi connectivity index (χ3v) is 5.80. The Morgan fingerprint density at radius 3 is 3.00 bits per heavy atom. The first kappa shape index (κ1) is 17.4. The molecule has 2 aliphatic rings. The van der Waals surface area contributed by atoms with Gasteiger partial charge in [-0.1, -0.05) is 15.9 Å². The van der Waals surface area contributed by atoms with Gasteiger partial charge in [-0.05, 0) is 62.5 Å². The number of nitrogens with zero attached hydrogens (tertiary/aromatic N) is 1. The molecular formula is C18H24BrN3O2. The summed E-state index contributed by atoms with van der Waals surface area (Å²) in [4.78, 5) is 26.5. The molecule has 2 saturated heterocycles. The Hall–Kier alpha value is -1.40. The van der Waals surface area contributed by atoms with E-state index in [0.717, 1.165) is 35.2 Å². The quantitative estimate of drug-likeness (QED) is 0.824. The lowest BCUT2D eigenvalue weighted by Gasteiger charge is -2.23. The second-order valence-electron chi connectivity index (χ2n) is 6.80. The second kappa shape index (κ2) is 7.66. The fourth-order valence-corrected chi connectivity index (χ4v) is 3.66. The number of halogens is 1. The van der Waals surface area contributed by atoms with Gasteiger partial charge >= 0.3 is 0 Å². The first-order chi connectivity index (χ1) is 11.5. The van der Waals surface area contributed by atoms with Gasteiger partial charge in [0, 0.05) is 29.7 Å². The van der Waals surface area contributed by atoms with Crippen molar-refractivity contribution in [2.45, 2.75) is 26.2 Å². The van der Waals surface area contributed by atoms with Crippen molar-refractivity contribution in [2.24, 2.45) is 11.8 Å². The number of rotatable bonds is 4. The molecule has 2 aliphatic heterocycles. The Labute approximate surface area is 151 Å². The minimum absolute atomic E-state index is 0.00487. The molecule has 6 heteroatoms. The topological polar surface area (TPSA) is 61.4 Å². The van der Waals surface area contributed by atoms with E-state index in [9.17, 15) is 9.59 Å². The molecule has 24 heavy (non-hydrogen) atoms. The summed E-state index contributed by atoms with van der Waals surface area (Å²) in [6.45, 7) is 5.20. The minimum atomic E-state index is -0.252. The summed E-state index contributed by atoms with van der Waals surface area (Å²) in [5.41, 5.74) is 1.95. The lowest BCUT2D eigenvalue weighted by atomic mass is 9.99. The summed E-state index contributed by atoms with van der Waals surface area (Å²) in [6.07, 6.45) is 2.62. The summed E-state index contributed by atoms with van der Waals surface area (Å²) < 4.78 is 1.02. The molecule has 2 heterocycles. The molecule has 3 rings (SSSR count). The van der Waals surface area contributed by atoms with Gasteiger partial charge in [0.25, 0.3) is 0 Å². The largest absolute Gasteiger partial charge is 0.355 e. The molecule has 0 radical (unpaired) electrons. The van der Waals surface area contributed by atoms with Gasteiger partial charge in [-0.3, -0.25) is 9.59 Å². The zero-order chi connectivity index (χ0) is 17.1. The summed E-state index contributed by atoms with van der Waals surface area (Å²) in [6, 6.07) is 5.85. The Balaban J connectivity index is 1.57. The van der Waals surface area contributed by atoms with E-state index < -0.39 is 0 Å². The molecule has 1 aromatic carbocycles. The van der Waals surface area contributed by atoms with Crippen LogP contribution in [0.4, 0.5) is 5.69 Å². The number of anilines is 1. The highest BCUT2D eigenvalue weighted by molar-refractivity contribution is 9.10. The van der Waals surface area contributed by atoms with Crippen molar-refractivity contribution in [1.29, 1.82) is 0 Å². The standard InChI is InChI=1S/C18H24BrN3O2/c1-12-7-15(4-5-16(12)19)22-11-14(8-17(22)23)18(24)21-10-13-3-2-6-20-9-13/h4-5,7,13-14,20H,2-3,6,8-11H2,1H3,(H,21,24). The Kier molecular flexibility index (Phi) is 5.56. The first-order valence-electron chi connectivity index (χ1n) is 8.59. The summed E-state index contributed by atoms with van der Waals surface area (Å²) in [5, 5.41) is 6.40. The van der Waals surface area contributed by atoms with Gasteiger partial charge in [0.2, 0.25) is 11.8 Å². The van der Waals surface area contributed by atoms with Gasteiger partial charge in [-0.15, -0.1) is 0 Å². The highest BCUT2D eigenvalue weighted by atomic mass is 79.9. The van der Waals surface area contributed by atoms with E-state index in [1.54, 1.807) is 4.90 Å². The van der Waals surface area contributed by atoms with Crippen LogP contribution in [0, 0.1) is 18.8 Å². The van der Waals surface area contributed by atoms with E-state index in [1.807, 2.05) is 25.1 Å². The Bertz CT molecular complexity index is 629. The minimum Gasteiger partial charge on any atom is -0.355 e. The molecule has 0 aromatic heterocycles. The fourth-order valence-electron chi connectivity index (χ4n) is 3.42. The van der Waals surface area contributed by atoms with Crippen molar-refractivity contribution in [3.8, 4) is 0 Å². The maximum absolute atomic E-state index is 12.4. The van der Waals surface area contributed by atoms with Crippen molar-refractivity contribution in [2.75, 3.05) is 31.1 Å². The monoisotopic (exact) mass is 393 g/mol. The number of carbonyl (C=O) groups is 2. The van der Waals surface area contributed by atoms with Crippen molar-refractivity contribution in [3.05, 3.63) is 28.2 Å². The molecule has 2 atom stereocenters. The van der Waals surface area contributed by atoms with E-state index >= 15 is 0 Å². The van der Waals surface area contributed by atoms with Crippen molar-refractivity contribution < 1.29 is 9.59 Å². The number of benzene rings is 1. The molecule has 2 unspecified atom stereocenters. The number of hydrogen-bond donors (Lipinski definition) is 2.